The van der Waals surface area contributed by atoms with E-state index in [9.17, 15) is 4.79 Å². The van der Waals surface area contributed by atoms with Gasteiger partial charge in [-0.25, -0.2) is 0 Å². The Balaban J connectivity index is 1.78. The van der Waals surface area contributed by atoms with Crippen LogP contribution >= 0.6 is 0 Å². The van der Waals surface area contributed by atoms with Gasteiger partial charge >= 0.3 is 0 Å². The number of pyridine rings is 1. The summed E-state index contributed by atoms with van der Waals surface area (Å²) in [6.07, 6.45) is 2.80. The van der Waals surface area contributed by atoms with Gasteiger partial charge in [0.2, 0.25) is 0 Å². The van der Waals surface area contributed by atoms with Crippen molar-refractivity contribution >= 4 is 5.69 Å². The first-order valence-electron chi connectivity index (χ1n) is 6.52. The Labute approximate surface area is 108 Å². The van der Waals surface area contributed by atoms with Gasteiger partial charge in [0.1, 0.15) is 0 Å². The van der Waals surface area contributed by atoms with Crippen molar-refractivity contribution in [2.75, 3.05) is 45.5 Å². The first kappa shape index (κ1) is 13.1. The van der Waals surface area contributed by atoms with Crippen LogP contribution in [-0.2, 0) is 6.54 Å². The molecule has 2 rings (SSSR count). The predicted molar refractivity (Wildman–Crippen MR) is 73.7 cm³/mol. The Hall–Kier alpha value is -1.33. The van der Waals surface area contributed by atoms with E-state index >= 15 is 0 Å². The van der Waals surface area contributed by atoms with E-state index in [1.165, 1.54) is 0 Å². The summed E-state index contributed by atoms with van der Waals surface area (Å²) in [5.74, 6) is 0. The molecule has 1 aromatic rings. The van der Waals surface area contributed by atoms with Crippen molar-refractivity contribution in [1.29, 1.82) is 0 Å². The van der Waals surface area contributed by atoms with Crippen molar-refractivity contribution < 1.29 is 0 Å². The fourth-order valence-corrected chi connectivity index (χ4v) is 2.27. The average molecular weight is 250 g/mol. The molecular formula is C13H22N4O. The summed E-state index contributed by atoms with van der Waals surface area (Å²) >= 11 is 0. The number of anilines is 1. The van der Waals surface area contributed by atoms with Gasteiger partial charge in [0.05, 0.1) is 5.69 Å². The third kappa shape index (κ3) is 3.34. The third-order valence-electron chi connectivity index (χ3n) is 3.52. The molecule has 0 spiro atoms. The molecule has 0 radical (unpaired) electrons. The highest BCUT2D eigenvalue weighted by Gasteiger charge is 2.12. The van der Waals surface area contributed by atoms with E-state index in [4.69, 9.17) is 5.73 Å². The van der Waals surface area contributed by atoms with Crippen LogP contribution in [0.2, 0.25) is 0 Å². The van der Waals surface area contributed by atoms with Crippen LogP contribution in [0.1, 0.15) is 6.42 Å². The van der Waals surface area contributed by atoms with E-state index in [0.717, 1.165) is 45.7 Å². The molecule has 0 amide bonds. The maximum absolute atomic E-state index is 11.7. The number of hydrogen-bond acceptors (Lipinski definition) is 4. The minimum Gasteiger partial charge on any atom is -0.394 e. The molecule has 0 saturated carbocycles. The SMILES string of the molecule is CN1CCN(CCCn2cccc(N)c2=O)CC1. The molecule has 1 saturated heterocycles. The molecule has 5 heteroatoms. The summed E-state index contributed by atoms with van der Waals surface area (Å²) < 4.78 is 1.70. The maximum Gasteiger partial charge on any atom is 0.273 e. The highest BCUT2D eigenvalue weighted by molar-refractivity contribution is 5.33. The first-order chi connectivity index (χ1) is 8.66. The summed E-state index contributed by atoms with van der Waals surface area (Å²) in [5, 5.41) is 0. The van der Waals surface area contributed by atoms with Gasteiger partial charge in [-0.2, -0.15) is 0 Å². The zero-order valence-corrected chi connectivity index (χ0v) is 11.0. The second-order valence-electron chi connectivity index (χ2n) is 4.96. The van der Waals surface area contributed by atoms with E-state index < -0.39 is 0 Å². The third-order valence-corrected chi connectivity index (χ3v) is 3.52. The monoisotopic (exact) mass is 250 g/mol. The van der Waals surface area contributed by atoms with Crippen LogP contribution in [0.25, 0.3) is 0 Å². The van der Waals surface area contributed by atoms with Crippen LogP contribution in [0, 0.1) is 0 Å². The lowest BCUT2D eigenvalue weighted by Gasteiger charge is -2.32. The summed E-state index contributed by atoms with van der Waals surface area (Å²) in [6, 6.07) is 3.48. The lowest BCUT2D eigenvalue weighted by molar-refractivity contribution is 0.151. The number of piperazine rings is 1. The normalized spacial score (nSPS) is 18.1. The standard InChI is InChI=1S/C13H22N4O/c1-15-8-10-16(11-9-15)5-3-7-17-6-2-4-12(14)13(17)18/h2,4,6H,3,5,7-11,14H2,1H3. The molecule has 2 N–H and O–H groups in total. The Morgan fingerprint density at radius 1 is 1.22 bits per heavy atom. The molecule has 5 nitrogen and oxygen atoms in total. The van der Waals surface area contributed by atoms with E-state index in [1.54, 1.807) is 10.6 Å². The number of aryl methyl sites for hydroxylation is 1. The zero-order valence-electron chi connectivity index (χ0n) is 11.0. The van der Waals surface area contributed by atoms with Gasteiger partial charge in [-0.05, 0) is 32.1 Å². The van der Waals surface area contributed by atoms with Crippen molar-refractivity contribution in [3.05, 3.63) is 28.7 Å². The van der Waals surface area contributed by atoms with Crippen LogP contribution < -0.4 is 11.3 Å². The number of aromatic nitrogens is 1. The molecule has 1 aromatic heterocycles. The lowest BCUT2D eigenvalue weighted by atomic mass is 10.3. The maximum atomic E-state index is 11.7. The first-order valence-corrected chi connectivity index (χ1v) is 6.52. The van der Waals surface area contributed by atoms with Gasteiger partial charge < -0.3 is 20.1 Å². The van der Waals surface area contributed by atoms with Crippen molar-refractivity contribution in [2.45, 2.75) is 13.0 Å². The lowest BCUT2D eigenvalue weighted by Crippen LogP contribution is -2.44. The van der Waals surface area contributed by atoms with Crippen molar-refractivity contribution in [2.24, 2.45) is 0 Å². The molecule has 1 aliphatic rings. The molecule has 2 heterocycles. The van der Waals surface area contributed by atoms with Gasteiger partial charge in [0, 0.05) is 38.9 Å². The van der Waals surface area contributed by atoms with Crippen molar-refractivity contribution in [1.82, 2.24) is 14.4 Å². The number of nitrogen functional groups attached to an aromatic ring is 1. The van der Waals surface area contributed by atoms with Crippen molar-refractivity contribution in [3.63, 3.8) is 0 Å². The minimum atomic E-state index is -0.0733. The van der Waals surface area contributed by atoms with E-state index in [-0.39, 0.29) is 5.56 Å². The van der Waals surface area contributed by atoms with Crippen LogP contribution in [0.15, 0.2) is 23.1 Å². The fourth-order valence-electron chi connectivity index (χ4n) is 2.27. The largest absolute Gasteiger partial charge is 0.394 e. The minimum absolute atomic E-state index is 0.0733. The quantitative estimate of drug-likeness (QED) is 0.821. The second kappa shape index (κ2) is 6.02. The Morgan fingerprint density at radius 2 is 1.94 bits per heavy atom. The van der Waals surface area contributed by atoms with Gasteiger partial charge in [0.15, 0.2) is 0 Å². The van der Waals surface area contributed by atoms with Gasteiger partial charge in [0.25, 0.3) is 5.56 Å². The van der Waals surface area contributed by atoms with E-state index in [1.807, 2.05) is 12.3 Å². The van der Waals surface area contributed by atoms with E-state index in [2.05, 4.69) is 16.8 Å². The van der Waals surface area contributed by atoms with Gasteiger partial charge in [-0.1, -0.05) is 0 Å². The van der Waals surface area contributed by atoms with E-state index in [0.29, 0.717) is 5.69 Å². The number of hydrogen-bond donors (Lipinski definition) is 1. The molecule has 0 aliphatic carbocycles. The molecule has 0 unspecified atom stereocenters. The summed E-state index contributed by atoms with van der Waals surface area (Å²) in [7, 11) is 2.16. The van der Waals surface area contributed by atoms with Crippen LogP contribution in [0.4, 0.5) is 5.69 Å². The highest BCUT2D eigenvalue weighted by atomic mass is 16.1. The molecule has 1 aliphatic heterocycles. The Morgan fingerprint density at radius 3 is 2.67 bits per heavy atom. The number of nitrogens with zero attached hydrogens (tertiary/aromatic N) is 3. The molecule has 100 valence electrons. The number of likely N-dealkylation sites (N-methyl/N-ethyl adjacent to an activating group) is 1. The van der Waals surface area contributed by atoms with Gasteiger partial charge in [-0.15, -0.1) is 0 Å². The molecule has 1 fully saturated rings. The van der Waals surface area contributed by atoms with Crippen molar-refractivity contribution in [3.8, 4) is 0 Å². The smallest absolute Gasteiger partial charge is 0.273 e. The predicted octanol–water partition coefficient (Wildman–Crippen LogP) is 0.0680. The summed E-state index contributed by atoms with van der Waals surface area (Å²) in [6.45, 7) is 6.33. The number of rotatable bonds is 4. The van der Waals surface area contributed by atoms with Crippen LogP contribution in [-0.4, -0.2) is 54.1 Å². The summed E-state index contributed by atoms with van der Waals surface area (Å²) in [5.41, 5.74) is 5.86. The summed E-state index contributed by atoms with van der Waals surface area (Å²) in [4.78, 5) is 16.5. The van der Waals surface area contributed by atoms with Gasteiger partial charge in [-0.3, -0.25) is 4.79 Å². The second-order valence-corrected chi connectivity index (χ2v) is 4.96. The zero-order chi connectivity index (χ0) is 13.0. The topological polar surface area (TPSA) is 54.5 Å². The Bertz CT molecular complexity index is 435. The van der Waals surface area contributed by atoms with Crippen LogP contribution in [0.5, 0.6) is 0 Å². The average Bonchev–Trinajstić information content (AvgIpc) is 2.37. The van der Waals surface area contributed by atoms with Crippen LogP contribution in [0.3, 0.4) is 0 Å². The molecule has 0 aromatic carbocycles. The molecule has 0 atom stereocenters. The highest BCUT2D eigenvalue weighted by Crippen LogP contribution is 2.01. The number of nitrogens with two attached hydrogens (primary N) is 1. The fraction of sp³-hybridized carbons (Fsp3) is 0.615. The Kier molecular flexibility index (Phi) is 4.38. The molecule has 18 heavy (non-hydrogen) atoms. The molecule has 0 bridgehead atoms. The molecular weight excluding hydrogens is 228 g/mol.